The van der Waals surface area contributed by atoms with Crippen LogP contribution in [0.4, 0.5) is 0 Å². The predicted molar refractivity (Wildman–Crippen MR) is 176 cm³/mol. The highest BCUT2D eigenvalue weighted by atomic mass is 14.9. The number of nitrogens with zero attached hydrogens (tertiary/aromatic N) is 2. The van der Waals surface area contributed by atoms with E-state index in [1.807, 2.05) is 6.07 Å². The molecule has 198 valence electrons. The van der Waals surface area contributed by atoms with Crippen molar-refractivity contribution in [3.05, 3.63) is 151 Å². The summed E-state index contributed by atoms with van der Waals surface area (Å²) in [6.45, 7) is 0. The molecule has 0 unspecified atom stereocenters. The molecule has 0 bridgehead atoms. The van der Waals surface area contributed by atoms with Crippen molar-refractivity contribution in [2.75, 3.05) is 0 Å². The van der Waals surface area contributed by atoms with Crippen molar-refractivity contribution in [1.29, 1.82) is 0 Å². The number of rotatable bonds is 4. The van der Waals surface area contributed by atoms with Crippen LogP contribution in [0, 0.1) is 0 Å². The van der Waals surface area contributed by atoms with Gasteiger partial charge in [0, 0.05) is 16.7 Å². The van der Waals surface area contributed by atoms with E-state index in [2.05, 4.69) is 140 Å². The Labute approximate surface area is 245 Å². The minimum Gasteiger partial charge on any atom is -0.228 e. The van der Waals surface area contributed by atoms with Crippen molar-refractivity contribution in [2.45, 2.75) is 12.8 Å². The number of aromatic nitrogens is 2. The Kier molecular flexibility index (Phi) is 5.97. The molecule has 2 heteroatoms. The molecule has 0 atom stereocenters. The van der Waals surface area contributed by atoms with E-state index in [0.717, 1.165) is 46.7 Å². The monoisotopic (exact) mass is 536 g/mol. The third-order valence-corrected chi connectivity index (χ3v) is 8.36. The summed E-state index contributed by atoms with van der Waals surface area (Å²) < 4.78 is 0. The lowest BCUT2D eigenvalue weighted by Crippen LogP contribution is -1.97. The molecule has 0 amide bonds. The van der Waals surface area contributed by atoms with Crippen molar-refractivity contribution >= 4 is 27.6 Å². The fourth-order valence-corrected chi connectivity index (χ4v) is 6.26. The maximum Gasteiger partial charge on any atom is 0.160 e. The SMILES string of the molecule is C1=Cc2c(cccc2-c2ccc(-c3nc(-c4ccccc4)cc(-c4cc5ccccc5c5ccccc45)n3)cc2)CC1. The summed E-state index contributed by atoms with van der Waals surface area (Å²) in [5.41, 5.74) is 10.3. The second-order valence-electron chi connectivity index (χ2n) is 10.9. The minimum atomic E-state index is 0.727. The summed E-state index contributed by atoms with van der Waals surface area (Å²) in [4.78, 5) is 10.3. The summed E-state index contributed by atoms with van der Waals surface area (Å²) in [5, 5.41) is 4.88. The molecule has 0 radical (unpaired) electrons. The largest absolute Gasteiger partial charge is 0.228 e. The van der Waals surface area contributed by atoms with Gasteiger partial charge in [-0.05, 0) is 68.8 Å². The van der Waals surface area contributed by atoms with Crippen LogP contribution in [0.3, 0.4) is 0 Å². The molecule has 1 heterocycles. The van der Waals surface area contributed by atoms with Crippen molar-refractivity contribution in [2.24, 2.45) is 0 Å². The summed E-state index contributed by atoms with van der Waals surface area (Å²) in [5.74, 6) is 0.727. The van der Waals surface area contributed by atoms with Crippen molar-refractivity contribution in [3.63, 3.8) is 0 Å². The highest BCUT2D eigenvalue weighted by Gasteiger charge is 2.15. The fraction of sp³-hybridized carbons (Fsp3) is 0.0500. The Morgan fingerprint density at radius 3 is 2.05 bits per heavy atom. The average molecular weight is 537 g/mol. The topological polar surface area (TPSA) is 25.8 Å². The van der Waals surface area contributed by atoms with E-state index >= 15 is 0 Å². The molecule has 0 fully saturated rings. The summed E-state index contributed by atoms with van der Waals surface area (Å²) in [7, 11) is 0. The smallest absolute Gasteiger partial charge is 0.160 e. The molecule has 0 aliphatic heterocycles. The maximum atomic E-state index is 5.21. The lowest BCUT2D eigenvalue weighted by atomic mass is 9.90. The van der Waals surface area contributed by atoms with Crippen molar-refractivity contribution < 1.29 is 0 Å². The number of allylic oxidation sites excluding steroid dienone is 1. The molecule has 6 aromatic carbocycles. The Hall–Kier alpha value is -5.34. The first-order valence-electron chi connectivity index (χ1n) is 14.6. The Bertz CT molecular complexity index is 2120. The lowest BCUT2D eigenvalue weighted by Gasteiger charge is -2.16. The van der Waals surface area contributed by atoms with E-state index in [1.165, 1.54) is 43.8 Å². The zero-order valence-electron chi connectivity index (χ0n) is 23.2. The first-order valence-corrected chi connectivity index (χ1v) is 14.6. The van der Waals surface area contributed by atoms with Crippen LogP contribution in [0.25, 0.3) is 72.7 Å². The van der Waals surface area contributed by atoms with Gasteiger partial charge >= 0.3 is 0 Å². The van der Waals surface area contributed by atoms with Gasteiger partial charge in [-0.1, -0.05) is 133 Å². The molecule has 0 saturated carbocycles. The van der Waals surface area contributed by atoms with E-state index in [4.69, 9.17) is 9.97 Å². The van der Waals surface area contributed by atoms with Crippen LogP contribution >= 0.6 is 0 Å². The van der Waals surface area contributed by atoms with Gasteiger partial charge in [-0.15, -0.1) is 0 Å². The van der Waals surface area contributed by atoms with Gasteiger partial charge in [0.05, 0.1) is 11.4 Å². The highest BCUT2D eigenvalue weighted by Crippen LogP contribution is 2.37. The number of hydrogen-bond acceptors (Lipinski definition) is 2. The maximum absolute atomic E-state index is 5.21. The first kappa shape index (κ1) is 24.5. The molecule has 1 aliphatic rings. The highest BCUT2D eigenvalue weighted by molar-refractivity contribution is 6.13. The van der Waals surface area contributed by atoms with Gasteiger partial charge in [-0.25, -0.2) is 9.97 Å². The van der Waals surface area contributed by atoms with Crippen molar-refractivity contribution in [1.82, 2.24) is 9.97 Å². The van der Waals surface area contributed by atoms with Gasteiger partial charge in [0.25, 0.3) is 0 Å². The standard InChI is InChI=1S/C40H28N2/c1-2-12-29(13-3-1)38-26-39(37-25-31-14-5-7-17-34(31)35-18-8-9-19-36(35)37)42-40(41-38)30-23-21-28(22-24-30)33-20-10-15-27-11-4-6-16-32(27)33/h1-3,5-10,12-26H,4,11H2. The molecular weight excluding hydrogens is 508 g/mol. The molecule has 0 spiro atoms. The molecule has 8 rings (SSSR count). The third-order valence-electron chi connectivity index (χ3n) is 8.36. The summed E-state index contributed by atoms with van der Waals surface area (Å²) in [6.07, 6.45) is 6.76. The van der Waals surface area contributed by atoms with Crippen LogP contribution in [0.2, 0.25) is 0 Å². The van der Waals surface area contributed by atoms with Crippen LogP contribution in [0.5, 0.6) is 0 Å². The van der Waals surface area contributed by atoms with Gasteiger partial charge in [0.15, 0.2) is 5.82 Å². The quantitative estimate of drug-likeness (QED) is 0.209. The van der Waals surface area contributed by atoms with Gasteiger partial charge in [-0.2, -0.15) is 0 Å². The van der Waals surface area contributed by atoms with E-state index < -0.39 is 0 Å². The summed E-state index contributed by atoms with van der Waals surface area (Å²) >= 11 is 0. The van der Waals surface area contributed by atoms with Gasteiger partial charge < -0.3 is 0 Å². The zero-order valence-corrected chi connectivity index (χ0v) is 23.2. The zero-order chi connectivity index (χ0) is 27.9. The normalized spacial score (nSPS) is 12.5. The van der Waals surface area contributed by atoms with Crippen LogP contribution in [-0.4, -0.2) is 9.97 Å². The number of fused-ring (bicyclic) bond motifs is 4. The van der Waals surface area contributed by atoms with E-state index in [1.54, 1.807) is 0 Å². The minimum absolute atomic E-state index is 0.727. The van der Waals surface area contributed by atoms with E-state index in [0.29, 0.717) is 0 Å². The number of benzene rings is 6. The molecule has 1 aliphatic carbocycles. The van der Waals surface area contributed by atoms with Crippen molar-refractivity contribution in [3.8, 4) is 45.0 Å². The molecular formula is C40H28N2. The summed E-state index contributed by atoms with van der Waals surface area (Å²) in [6, 6.07) is 47.4. The second-order valence-corrected chi connectivity index (χ2v) is 10.9. The van der Waals surface area contributed by atoms with Gasteiger partial charge in [0.2, 0.25) is 0 Å². The molecule has 1 aromatic heterocycles. The second kappa shape index (κ2) is 10.2. The number of hydrogen-bond donors (Lipinski definition) is 0. The van der Waals surface area contributed by atoms with Crippen LogP contribution < -0.4 is 0 Å². The molecule has 42 heavy (non-hydrogen) atoms. The van der Waals surface area contributed by atoms with Gasteiger partial charge in [-0.3, -0.25) is 0 Å². The molecule has 0 N–H and O–H groups in total. The Morgan fingerprint density at radius 1 is 0.476 bits per heavy atom. The van der Waals surface area contributed by atoms with E-state index in [-0.39, 0.29) is 0 Å². The predicted octanol–water partition coefficient (Wildman–Crippen LogP) is 10.4. The molecule has 7 aromatic rings. The Morgan fingerprint density at radius 2 is 1.19 bits per heavy atom. The lowest BCUT2D eigenvalue weighted by molar-refractivity contribution is 0.986. The van der Waals surface area contributed by atoms with Crippen LogP contribution in [0.1, 0.15) is 17.5 Å². The molecule has 2 nitrogen and oxygen atoms in total. The molecule has 0 saturated heterocycles. The van der Waals surface area contributed by atoms with Gasteiger partial charge in [0.1, 0.15) is 0 Å². The average Bonchev–Trinajstić information content (AvgIpc) is 3.08. The first-order chi connectivity index (χ1) is 20.8. The third kappa shape index (κ3) is 4.29. The van der Waals surface area contributed by atoms with Crippen LogP contribution in [-0.2, 0) is 6.42 Å². The van der Waals surface area contributed by atoms with Crippen LogP contribution in [0.15, 0.2) is 140 Å². The number of aryl methyl sites for hydroxylation is 1. The van der Waals surface area contributed by atoms with E-state index in [9.17, 15) is 0 Å². The fourth-order valence-electron chi connectivity index (χ4n) is 6.26. The Balaban J connectivity index is 1.30.